The lowest BCUT2D eigenvalue weighted by Crippen LogP contribution is -2.24. The molecule has 9 nitrogen and oxygen atoms in total. The second-order valence-electron chi connectivity index (χ2n) is 7.16. The summed E-state index contributed by atoms with van der Waals surface area (Å²) in [4.78, 5) is 17.3. The predicted octanol–water partition coefficient (Wildman–Crippen LogP) is 4.04. The zero-order chi connectivity index (χ0) is 22.1. The highest BCUT2D eigenvalue weighted by molar-refractivity contribution is 7.99. The number of benzene rings is 2. The minimum atomic E-state index is -0.178. The van der Waals surface area contributed by atoms with Gasteiger partial charge in [-0.05, 0) is 25.5 Å². The summed E-state index contributed by atoms with van der Waals surface area (Å²) in [5, 5.41) is 18.1. The third-order valence-corrected chi connectivity index (χ3v) is 5.74. The number of fused-ring (bicyclic) bond motifs is 1. The largest absolute Gasteiger partial charge is 0.409 e. The van der Waals surface area contributed by atoms with Crippen molar-refractivity contribution in [3.8, 4) is 11.6 Å². The van der Waals surface area contributed by atoms with Crippen LogP contribution < -0.4 is 5.56 Å². The average molecular weight is 446 g/mol. The van der Waals surface area contributed by atoms with E-state index in [-0.39, 0.29) is 16.7 Å². The molecule has 160 valence electrons. The number of thioether (sulfide) groups is 1. The number of nitrogens with zero attached hydrogens (tertiary/aromatic N) is 6. The molecule has 5 aromatic rings. The van der Waals surface area contributed by atoms with Crippen molar-refractivity contribution in [2.24, 2.45) is 0 Å². The minimum Gasteiger partial charge on any atom is -0.409 e. The van der Waals surface area contributed by atoms with E-state index in [1.54, 1.807) is 13.0 Å². The van der Waals surface area contributed by atoms with E-state index in [1.165, 1.54) is 16.4 Å². The molecule has 0 saturated carbocycles. The zero-order valence-electron chi connectivity index (χ0n) is 17.3. The highest BCUT2D eigenvalue weighted by Crippen LogP contribution is 2.34. The predicted molar refractivity (Wildman–Crippen MR) is 118 cm³/mol. The molecule has 1 atom stereocenters. The number of hydrogen-bond acceptors (Lipinski definition) is 9. The van der Waals surface area contributed by atoms with Crippen LogP contribution in [0, 0.1) is 6.92 Å². The van der Waals surface area contributed by atoms with E-state index in [2.05, 4.69) is 25.4 Å². The molecule has 2 aromatic carbocycles. The van der Waals surface area contributed by atoms with Gasteiger partial charge in [0.1, 0.15) is 0 Å². The Morgan fingerprint density at radius 3 is 2.53 bits per heavy atom. The van der Waals surface area contributed by atoms with Gasteiger partial charge in [-0.15, -0.1) is 10.2 Å². The van der Waals surface area contributed by atoms with Gasteiger partial charge in [0.15, 0.2) is 11.5 Å². The Kier molecular flexibility index (Phi) is 5.28. The summed E-state index contributed by atoms with van der Waals surface area (Å²) >= 11 is 1.31. The second-order valence-corrected chi connectivity index (χ2v) is 8.45. The standard InChI is InChI=1S/C22H18N6O3S/c1-13(19-23-14(2)27-31-19)32-22-25-24-20(30-22)18-16-10-6-7-11-17(16)21(29)28(26-18)12-15-8-4-3-5-9-15/h3-11,13H,12H2,1-2H3/t13-/m1/s1. The van der Waals surface area contributed by atoms with E-state index >= 15 is 0 Å². The maximum Gasteiger partial charge on any atom is 0.277 e. The zero-order valence-corrected chi connectivity index (χ0v) is 18.1. The molecule has 0 amide bonds. The Hall–Kier alpha value is -3.79. The summed E-state index contributed by atoms with van der Waals surface area (Å²) in [5.74, 6) is 1.28. The third-order valence-electron chi connectivity index (χ3n) is 4.82. The first kappa shape index (κ1) is 20.1. The van der Waals surface area contributed by atoms with Crippen LogP contribution in [0.25, 0.3) is 22.4 Å². The second kappa shape index (κ2) is 8.39. The van der Waals surface area contributed by atoms with Gasteiger partial charge in [0, 0.05) is 5.39 Å². The monoisotopic (exact) mass is 446 g/mol. The van der Waals surface area contributed by atoms with Crippen LogP contribution in [0.2, 0.25) is 0 Å². The summed E-state index contributed by atoms with van der Waals surface area (Å²) in [7, 11) is 0. The highest BCUT2D eigenvalue weighted by Gasteiger charge is 2.21. The maximum atomic E-state index is 13.0. The lowest BCUT2D eigenvalue weighted by atomic mass is 10.1. The van der Waals surface area contributed by atoms with Crippen LogP contribution in [-0.2, 0) is 6.54 Å². The van der Waals surface area contributed by atoms with E-state index in [0.717, 1.165) is 5.56 Å². The van der Waals surface area contributed by atoms with Gasteiger partial charge in [-0.25, -0.2) is 4.68 Å². The molecule has 10 heteroatoms. The summed E-state index contributed by atoms with van der Waals surface area (Å²) in [5.41, 5.74) is 1.24. The number of rotatable bonds is 6. The van der Waals surface area contributed by atoms with Crippen LogP contribution >= 0.6 is 11.8 Å². The van der Waals surface area contributed by atoms with Crippen molar-refractivity contribution >= 4 is 22.5 Å². The van der Waals surface area contributed by atoms with Gasteiger partial charge in [0.25, 0.3) is 16.7 Å². The van der Waals surface area contributed by atoms with Gasteiger partial charge in [-0.2, -0.15) is 10.1 Å². The molecule has 0 unspecified atom stereocenters. The van der Waals surface area contributed by atoms with Crippen LogP contribution in [0.5, 0.6) is 0 Å². The Morgan fingerprint density at radius 2 is 1.78 bits per heavy atom. The third kappa shape index (κ3) is 3.92. The van der Waals surface area contributed by atoms with Gasteiger partial charge >= 0.3 is 0 Å². The van der Waals surface area contributed by atoms with Gasteiger partial charge in [-0.3, -0.25) is 4.79 Å². The Balaban J connectivity index is 1.52. The Bertz CT molecular complexity index is 1440. The highest BCUT2D eigenvalue weighted by atomic mass is 32.2. The van der Waals surface area contributed by atoms with E-state index in [1.807, 2.05) is 55.5 Å². The van der Waals surface area contributed by atoms with Crippen molar-refractivity contribution < 1.29 is 8.94 Å². The van der Waals surface area contributed by atoms with Crippen molar-refractivity contribution in [1.29, 1.82) is 0 Å². The molecule has 0 saturated heterocycles. The number of aromatic nitrogens is 6. The Labute approximate surface area is 186 Å². The fourth-order valence-electron chi connectivity index (χ4n) is 3.29. The molecule has 5 rings (SSSR count). The van der Waals surface area contributed by atoms with Crippen molar-refractivity contribution in [3.05, 3.63) is 82.2 Å². The first-order chi connectivity index (χ1) is 15.6. The van der Waals surface area contributed by atoms with Gasteiger partial charge in [0.2, 0.25) is 5.89 Å². The molecule has 0 N–H and O–H groups in total. The molecule has 0 aliphatic rings. The molecule has 3 aromatic heterocycles. The smallest absolute Gasteiger partial charge is 0.277 e. The lowest BCUT2D eigenvalue weighted by molar-refractivity contribution is 0.375. The van der Waals surface area contributed by atoms with Crippen LogP contribution in [0.1, 0.15) is 29.5 Å². The van der Waals surface area contributed by atoms with E-state index in [4.69, 9.17) is 8.94 Å². The molecule has 0 aliphatic carbocycles. The van der Waals surface area contributed by atoms with Crippen molar-refractivity contribution in [3.63, 3.8) is 0 Å². The molecular formula is C22H18N6O3S. The van der Waals surface area contributed by atoms with Crippen molar-refractivity contribution in [1.82, 2.24) is 30.1 Å². The lowest BCUT2D eigenvalue weighted by Gasteiger charge is -2.09. The SMILES string of the molecule is Cc1noc([C@@H](C)Sc2nnc(-c3nn(Cc4ccccc4)c(=O)c4ccccc34)o2)n1. The topological polar surface area (TPSA) is 113 Å². The molecule has 32 heavy (non-hydrogen) atoms. The average Bonchev–Trinajstić information content (AvgIpc) is 3.45. The Morgan fingerprint density at radius 1 is 1.03 bits per heavy atom. The molecule has 0 aliphatic heterocycles. The fraction of sp³-hybridized carbons (Fsp3) is 0.182. The molecule has 3 heterocycles. The molecule has 0 spiro atoms. The van der Waals surface area contributed by atoms with E-state index in [9.17, 15) is 4.79 Å². The molecule has 0 radical (unpaired) electrons. The van der Waals surface area contributed by atoms with Crippen LogP contribution in [-0.4, -0.2) is 30.1 Å². The summed E-state index contributed by atoms with van der Waals surface area (Å²) in [6.07, 6.45) is 0. The molecule has 0 fully saturated rings. The molecular weight excluding hydrogens is 428 g/mol. The van der Waals surface area contributed by atoms with E-state index in [0.29, 0.717) is 39.9 Å². The molecule has 0 bridgehead atoms. The van der Waals surface area contributed by atoms with Crippen molar-refractivity contribution in [2.45, 2.75) is 30.9 Å². The van der Waals surface area contributed by atoms with Crippen LogP contribution in [0.15, 0.2) is 73.6 Å². The van der Waals surface area contributed by atoms with E-state index < -0.39 is 0 Å². The van der Waals surface area contributed by atoms with Crippen LogP contribution in [0.3, 0.4) is 0 Å². The minimum absolute atomic E-state index is 0.166. The summed E-state index contributed by atoms with van der Waals surface area (Å²) < 4.78 is 12.5. The number of aryl methyl sites for hydroxylation is 1. The normalized spacial score (nSPS) is 12.3. The summed E-state index contributed by atoms with van der Waals surface area (Å²) in [6, 6.07) is 17.0. The number of hydrogen-bond donors (Lipinski definition) is 0. The first-order valence-electron chi connectivity index (χ1n) is 9.93. The fourth-order valence-corrected chi connectivity index (χ4v) is 4.00. The maximum absolute atomic E-state index is 13.0. The summed E-state index contributed by atoms with van der Waals surface area (Å²) in [6.45, 7) is 4.01. The van der Waals surface area contributed by atoms with Gasteiger partial charge in [-0.1, -0.05) is 65.4 Å². The van der Waals surface area contributed by atoms with Crippen LogP contribution in [0.4, 0.5) is 0 Å². The van der Waals surface area contributed by atoms with Gasteiger partial charge in [0.05, 0.1) is 17.2 Å². The van der Waals surface area contributed by atoms with Gasteiger partial charge < -0.3 is 8.94 Å². The van der Waals surface area contributed by atoms with Crippen molar-refractivity contribution in [2.75, 3.05) is 0 Å². The quantitative estimate of drug-likeness (QED) is 0.357. The first-order valence-corrected chi connectivity index (χ1v) is 10.8.